The molecule has 4 nitrogen and oxygen atoms in total. The average Bonchev–Trinajstić information content (AvgIpc) is 2.61. The Morgan fingerprint density at radius 3 is 1.27 bits per heavy atom. The van der Waals surface area contributed by atoms with Crippen molar-refractivity contribution in [3.63, 3.8) is 0 Å². The van der Waals surface area contributed by atoms with Crippen LogP contribution in [-0.2, 0) is 19.1 Å². The summed E-state index contributed by atoms with van der Waals surface area (Å²) < 4.78 is 11.6. The van der Waals surface area contributed by atoms with Crippen molar-refractivity contribution in [3.8, 4) is 0 Å². The third-order valence-electron chi connectivity index (χ3n) is 6.48. The van der Waals surface area contributed by atoms with Crippen molar-refractivity contribution in [1.82, 2.24) is 0 Å². The molecule has 30 heavy (non-hydrogen) atoms. The van der Waals surface area contributed by atoms with Crippen LogP contribution in [0.4, 0.5) is 0 Å². The van der Waals surface area contributed by atoms with Crippen molar-refractivity contribution in [2.24, 2.45) is 11.8 Å². The molecule has 0 aliphatic carbocycles. The fraction of sp³-hybridized carbons (Fsp3) is 0.920. The predicted molar refractivity (Wildman–Crippen MR) is 128 cm³/mol. The van der Waals surface area contributed by atoms with Crippen LogP contribution < -0.4 is 0 Å². The monoisotopic (exact) mass is 452 g/mol. The Labute approximate surface area is 229 Å². The Morgan fingerprint density at radius 2 is 1.00 bits per heavy atom. The molecule has 174 valence electrons. The van der Waals surface area contributed by atoms with E-state index in [0.29, 0.717) is 0 Å². The van der Waals surface area contributed by atoms with E-state index in [1.54, 1.807) is 0 Å². The first-order valence-electron chi connectivity index (χ1n) is 11.9. The van der Waals surface area contributed by atoms with Crippen LogP contribution in [0, 0.1) is 11.8 Å². The molecular weight excluding hydrogens is 403 g/mol. The number of ether oxygens (including phenoxy) is 2. The molecule has 0 radical (unpaired) electrons. The second kappa shape index (κ2) is 17.1. The van der Waals surface area contributed by atoms with Gasteiger partial charge < -0.3 is 9.47 Å². The number of rotatable bonds is 16. The SMILES string of the molecule is CCCCCCC(C)(OC(=O)CC(=O)OC(C)(CCCCCC)C(C)C)C(C)C.[KH]. The van der Waals surface area contributed by atoms with Gasteiger partial charge in [-0.1, -0.05) is 80.1 Å². The Balaban J connectivity index is 0. The number of esters is 2. The van der Waals surface area contributed by atoms with Crippen LogP contribution in [-0.4, -0.2) is 74.5 Å². The van der Waals surface area contributed by atoms with E-state index in [1.165, 1.54) is 25.7 Å². The molecule has 0 rings (SSSR count). The van der Waals surface area contributed by atoms with Gasteiger partial charge in [0.25, 0.3) is 0 Å². The standard InChI is InChI=1S/C25H48O4.K.H/c1-9-11-13-15-17-24(7,20(3)4)28-22(26)19-23(27)29-25(8,21(5)6)18-16-14-12-10-2;;/h20-21H,9-19H2,1-8H3;;. The van der Waals surface area contributed by atoms with Gasteiger partial charge in [0.15, 0.2) is 0 Å². The van der Waals surface area contributed by atoms with Crippen LogP contribution in [0.2, 0.25) is 0 Å². The Morgan fingerprint density at radius 1 is 0.667 bits per heavy atom. The Kier molecular flexibility index (Phi) is 18.7. The van der Waals surface area contributed by atoms with Gasteiger partial charge in [0, 0.05) is 0 Å². The van der Waals surface area contributed by atoms with Crippen LogP contribution in [0.25, 0.3) is 0 Å². The van der Waals surface area contributed by atoms with Gasteiger partial charge in [-0.2, -0.15) is 0 Å². The number of unbranched alkanes of at least 4 members (excludes halogenated alkanes) is 6. The van der Waals surface area contributed by atoms with Crippen molar-refractivity contribution < 1.29 is 19.1 Å². The van der Waals surface area contributed by atoms with E-state index in [-0.39, 0.29) is 69.6 Å². The van der Waals surface area contributed by atoms with Gasteiger partial charge in [-0.3, -0.25) is 9.59 Å². The van der Waals surface area contributed by atoms with Crippen molar-refractivity contribution in [2.75, 3.05) is 0 Å². The van der Waals surface area contributed by atoms with Crippen LogP contribution in [0.3, 0.4) is 0 Å². The van der Waals surface area contributed by atoms with E-state index in [4.69, 9.17) is 9.47 Å². The van der Waals surface area contributed by atoms with Crippen molar-refractivity contribution in [2.45, 2.75) is 137 Å². The third kappa shape index (κ3) is 13.2. The van der Waals surface area contributed by atoms with Crippen LogP contribution in [0.15, 0.2) is 0 Å². The van der Waals surface area contributed by atoms with Gasteiger partial charge in [-0.25, -0.2) is 0 Å². The van der Waals surface area contributed by atoms with Gasteiger partial charge in [0.1, 0.15) is 17.6 Å². The maximum atomic E-state index is 12.5. The second-order valence-electron chi connectivity index (χ2n) is 9.68. The second-order valence-corrected chi connectivity index (χ2v) is 9.68. The van der Waals surface area contributed by atoms with Gasteiger partial charge in [0.05, 0.1) is 0 Å². The van der Waals surface area contributed by atoms with Crippen LogP contribution in [0.5, 0.6) is 0 Å². The fourth-order valence-corrected chi connectivity index (χ4v) is 3.43. The molecule has 0 aliphatic rings. The van der Waals surface area contributed by atoms with Gasteiger partial charge in [0.2, 0.25) is 0 Å². The zero-order chi connectivity index (χ0) is 22.5. The topological polar surface area (TPSA) is 52.6 Å². The molecule has 0 aromatic rings. The number of hydrogen-bond donors (Lipinski definition) is 0. The molecule has 0 amide bonds. The summed E-state index contributed by atoms with van der Waals surface area (Å²) in [7, 11) is 0. The van der Waals surface area contributed by atoms with Crippen molar-refractivity contribution in [1.29, 1.82) is 0 Å². The van der Waals surface area contributed by atoms with Crippen molar-refractivity contribution >= 4 is 63.3 Å². The molecule has 0 aliphatic heterocycles. The molecule has 0 heterocycles. The van der Waals surface area contributed by atoms with E-state index in [0.717, 1.165) is 38.5 Å². The first-order valence-corrected chi connectivity index (χ1v) is 11.9. The van der Waals surface area contributed by atoms with Crippen molar-refractivity contribution in [3.05, 3.63) is 0 Å². The van der Waals surface area contributed by atoms with Crippen LogP contribution >= 0.6 is 0 Å². The summed E-state index contributed by atoms with van der Waals surface area (Å²) in [4.78, 5) is 25.0. The minimum absolute atomic E-state index is 0. The number of hydrogen-bond acceptors (Lipinski definition) is 4. The first kappa shape index (κ1) is 32.8. The minimum atomic E-state index is -0.535. The zero-order valence-electron chi connectivity index (χ0n) is 20.6. The molecule has 0 aromatic carbocycles. The Hall–Kier alpha value is 0.576. The summed E-state index contributed by atoms with van der Waals surface area (Å²) in [5.74, 6) is -0.551. The maximum absolute atomic E-state index is 12.5. The van der Waals surface area contributed by atoms with E-state index in [1.807, 2.05) is 13.8 Å². The molecule has 0 N–H and O–H groups in total. The summed E-state index contributed by atoms with van der Waals surface area (Å²) in [5, 5.41) is 0. The van der Waals surface area contributed by atoms with Gasteiger partial charge >= 0.3 is 63.3 Å². The molecule has 0 fully saturated rings. The number of carbonyl (C=O) groups excluding carboxylic acids is 2. The fourth-order valence-electron chi connectivity index (χ4n) is 3.43. The Bertz CT molecular complexity index is 436. The zero-order valence-corrected chi connectivity index (χ0v) is 20.6. The molecule has 0 aromatic heterocycles. The van der Waals surface area contributed by atoms with E-state index >= 15 is 0 Å². The van der Waals surface area contributed by atoms with E-state index in [2.05, 4.69) is 41.5 Å². The summed E-state index contributed by atoms with van der Waals surface area (Å²) in [6, 6.07) is 0. The quantitative estimate of drug-likeness (QED) is 0.115. The third-order valence-corrected chi connectivity index (χ3v) is 6.48. The summed E-state index contributed by atoms with van der Waals surface area (Å²) in [5.41, 5.74) is -1.07. The van der Waals surface area contributed by atoms with Gasteiger partial charge in [-0.15, -0.1) is 0 Å². The molecule has 0 bridgehead atoms. The summed E-state index contributed by atoms with van der Waals surface area (Å²) in [6.45, 7) is 16.6. The molecule has 0 saturated carbocycles. The van der Waals surface area contributed by atoms with Crippen LogP contribution in [0.1, 0.15) is 126 Å². The summed E-state index contributed by atoms with van der Waals surface area (Å²) >= 11 is 0. The molecule has 5 heteroatoms. The molecule has 2 atom stereocenters. The normalized spacial score (nSPS) is 15.3. The molecule has 2 unspecified atom stereocenters. The predicted octanol–water partition coefficient (Wildman–Crippen LogP) is 6.58. The molecule has 0 saturated heterocycles. The molecule has 0 spiro atoms. The van der Waals surface area contributed by atoms with E-state index in [9.17, 15) is 9.59 Å². The van der Waals surface area contributed by atoms with Gasteiger partial charge in [-0.05, 0) is 51.4 Å². The first-order chi connectivity index (χ1) is 13.5. The molecular formula is C25H49KO4. The number of carbonyl (C=O) groups is 2. The summed E-state index contributed by atoms with van der Waals surface area (Å²) in [6.07, 6.45) is 10.4. The van der Waals surface area contributed by atoms with E-state index < -0.39 is 23.1 Å². The average molecular weight is 453 g/mol.